The van der Waals surface area contributed by atoms with Crippen LogP contribution in [0.25, 0.3) is 10.9 Å². The zero-order valence-corrected chi connectivity index (χ0v) is 20.4. The monoisotopic (exact) mass is 522 g/mol. The molecule has 3 aromatic rings. The van der Waals surface area contributed by atoms with Gasteiger partial charge < -0.3 is 35.1 Å². The van der Waals surface area contributed by atoms with Crippen molar-refractivity contribution in [2.24, 2.45) is 0 Å². The number of para-hydroxylation sites is 1. The number of rotatable bonds is 7. The highest BCUT2D eigenvalue weighted by Gasteiger charge is 2.32. The number of nitrogens with one attached hydrogen (secondary N) is 2. The van der Waals surface area contributed by atoms with Gasteiger partial charge in [0.1, 0.15) is 0 Å². The molecule has 2 atom stereocenters. The molecule has 0 spiro atoms. The molecule has 0 saturated carbocycles. The maximum absolute atomic E-state index is 13.1. The molecule has 0 aliphatic carbocycles. The average Bonchev–Trinajstić information content (AvgIpc) is 3.40. The molecule has 4 rings (SSSR count). The molecule has 2 heterocycles. The molecular weight excluding hydrogens is 496 g/mol. The summed E-state index contributed by atoms with van der Waals surface area (Å²) in [6, 6.07) is 13.4. The number of benzene rings is 2. The van der Waals surface area contributed by atoms with Crippen molar-refractivity contribution in [2.45, 2.75) is 12.2 Å². The van der Waals surface area contributed by atoms with E-state index in [9.17, 15) is 34.2 Å². The van der Waals surface area contributed by atoms with Crippen LogP contribution in [-0.2, 0) is 19.1 Å². The minimum atomic E-state index is -2.09. The number of amides is 3. The molecule has 1 aliphatic heterocycles. The van der Waals surface area contributed by atoms with Gasteiger partial charge in [-0.2, -0.15) is 0 Å². The van der Waals surface area contributed by atoms with Crippen LogP contribution in [0.2, 0.25) is 0 Å². The molecular formula is C26H26N4O8. The number of ketones is 1. The highest BCUT2D eigenvalue weighted by atomic mass is 16.5. The normalized spacial score (nSPS) is 15.0. The van der Waals surface area contributed by atoms with Crippen LogP contribution in [0, 0.1) is 0 Å². The number of nitrogens with zero attached hydrogens (tertiary/aromatic N) is 2. The summed E-state index contributed by atoms with van der Waals surface area (Å²) in [5.41, 5.74) is 1.09. The van der Waals surface area contributed by atoms with Gasteiger partial charge in [-0.1, -0.05) is 30.3 Å². The molecule has 38 heavy (non-hydrogen) atoms. The number of fused-ring (bicyclic) bond motifs is 1. The fraction of sp³-hybridized carbons (Fsp3) is 0.269. The van der Waals surface area contributed by atoms with E-state index in [1.807, 2.05) is 6.07 Å². The van der Waals surface area contributed by atoms with Gasteiger partial charge >= 0.3 is 5.97 Å². The first kappa shape index (κ1) is 26.5. The van der Waals surface area contributed by atoms with Crippen LogP contribution in [-0.4, -0.2) is 100.0 Å². The molecule has 1 aromatic heterocycles. The van der Waals surface area contributed by atoms with E-state index < -0.39 is 35.8 Å². The summed E-state index contributed by atoms with van der Waals surface area (Å²) in [5, 5.41) is 22.4. The summed E-state index contributed by atoms with van der Waals surface area (Å²) in [6.45, 7) is 0.980. The maximum atomic E-state index is 13.1. The number of esters is 1. The fourth-order valence-electron chi connectivity index (χ4n) is 4.18. The number of aliphatic hydroxyl groups is 2. The Kier molecular flexibility index (Phi) is 7.84. The van der Waals surface area contributed by atoms with Crippen LogP contribution < -0.4 is 5.32 Å². The third-order valence-corrected chi connectivity index (χ3v) is 6.30. The predicted molar refractivity (Wildman–Crippen MR) is 134 cm³/mol. The molecule has 198 valence electrons. The lowest BCUT2D eigenvalue weighted by Gasteiger charge is -2.34. The summed E-state index contributed by atoms with van der Waals surface area (Å²) in [6.07, 6.45) is -2.83. The number of aromatic amines is 1. The molecule has 3 amide bonds. The van der Waals surface area contributed by atoms with Crippen molar-refractivity contribution in [3.63, 3.8) is 0 Å². The quantitative estimate of drug-likeness (QED) is 0.193. The molecule has 2 unspecified atom stereocenters. The number of anilines is 1. The van der Waals surface area contributed by atoms with Crippen molar-refractivity contribution >= 4 is 46.1 Å². The molecule has 12 heteroatoms. The Bertz CT molecular complexity index is 1380. The number of piperazine rings is 1. The average molecular weight is 523 g/mol. The van der Waals surface area contributed by atoms with E-state index in [1.54, 1.807) is 35.2 Å². The number of carbonyl (C=O) groups excluding carboxylic acids is 5. The third-order valence-electron chi connectivity index (χ3n) is 6.30. The number of carbonyl (C=O) groups is 5. The summed E-state index contributed by atoms with van der Waals surface area (Å²) in [4.78, 5) is 68.3. The van der Waals surface area contributed by atoms with E-state index in [4.69, 9.17) is 0 Å². The summed E-state index contributed by atoms with van der Waals surface area (Å²) in [7, 11) is 1.000. The lowest BCUT2D eigenvalue weighted by atomic mass is 10.1. The van der Waals surface area contributed by atoms with Crippen molar-refractivity contribution in [1.29, 1.82) is 0 Å². The smallest absolute Gasteiger partial charge is 0.338 e. The Morgan fingerprint density at radius 1 is 0.895 bits per heavy atom. The lowest BCUT2D eigenvalue weighted by Crippen LogP contribution is -2.52. The Labute approximate surface area is 216 Å². The Balaban J connectivity index is 1.44. The number of ether oxygens (including phenoxy) is 1. The van der Waals surface area contributed by atoms with Gasteiger partial charge in [-0.05, 0) is 18.2 Å². The molecule has 4 N–H and O–H groups in total. The lowest BCUT2D eigenvalue weighted by molar-refractivity contribution is -0.159. The van der Waals surface area contributed by atoms with Gasteiger partial charge in [0.15, 0.2) is 12.2 Å². The van der Waals surface area contributed by atoms with E-state index in [2.05, 4.69) is 15.0 Å². The minimum absolute atomic E-state index is 0.0824. The predicted octanol–water partition coefficient (Wildman–Crippen LogP) is 0.169. The SMILES string of the molecule is COC(=O)C(O)C(O)C(=O)Nc1cccc2c(C(=O)C(=O)N3CCN(C(=O)c4ccccc4)CC3)c[nH]c12. The number of hydrogen-bond donors (Lipinski definition) is 4. The molecule has 1 aliphatic rings. The maximum Gasteiger partial charge on any atom is 0.338 e. The van der Waals surface area contributed by atoms with Crippen molar-refractivity contribution < 1.29 is 38.9 Å². The van der Waals surface area contributed by atoms with Crippen molar-refractivity contribution in [1.82, 2.24) is 14.8 Å². The minimum Gasteiger partial charge on any atom is -0.467 e. The second-order valence-corrected chi connectivity index (χ2v) is 8.61. The second kappa shape index (κ2) is 11.2. The first-order chi connectivity index (χ1) is 18.2. The molecule has 0 radical (unpaired) electrons. The molecule has 2 aromatic carbocycles. The topological polar surface area (TPSA) is 169 Å². The number of methoxy groups -OCH3 is 1. The van der Waals surface area contributed by atoms with Crippen LogP contribution in [0.5, 0.6) is 0 Å². The Morgan fingerprint density at radius 2 is 1.55 bits per heavy atom. The number of aliphatic hydroxyl groups excluding tert-OH is 2. The molecule has 1 saturated heterocycles. The Morgan fingerprint density at radius 3 is 2.21 bits per heavy atom. The highest BCUT2D eigenvalue weighted by molar-refractivity contribution is 6.45. The van der Waals surface area contributed by atoms with Gasteiger partial charge in [0, 0.05) is 43.3 Å². The summed E-state index contributed by atoms with van der Waals surface area (Å²) >= 11 is 0. The second-order valence-electron chi connectivity index (χ2n) is 8.61. The van der Waals surface area contributed by atoms with Crippen LogP contribution in [0.15, 0.2) is 54.7 Å². The summed E-state index contributed by atoms with van der Waals surface area (Å²) < 4.78 is 4.32. The van der Waals surface area contributed by atoms with Crippen LogP contribution >= 0.6 is 0 Å². The molecule has 12 nitrogen and oxygen atoms in total. The number of aromatic nitrogens is 1. The summed E-state index contributed by atoms with van der Waals surface area (Å²) in [5.74, 6) is -3.87. The standard InChI is InChI=1S/C26H26N4O8/c1-38-26(37)22(33)21(32)23(34)28-18-9-5-8-16-17(14-27-19(16)18)20(31)25(36)30-12-10-29(11-13-30)24(35)15-6-3-2-4-7-15/h2-9,14,21-22,27,32-33H,10-13H2,1H3,(H,28,34). The van der Waals surface area contributed by atoms with Crippen molar-refractivity contribution in [3.05, 3.63) is 65.9 Å². The zero-order chi connectivity index (χ0) is 27.4. The highest BCUT2D eigenvalue weighted by Crippen LogP contribution is 2.26. The molecule has 0 bridgehead atoms. The zero-order valence-electron chi connectivity index (χ0n) is 20.4. The van der Waals surface area contributed by atoms with Gasteiger partial charge in [0.2, 0.25) is 0 Å². The van der Waals surface area contributed by atoms with Gasteiger partial charge in [-0.15, -0.1) is 0 Å². The number of Topliss-reactive ketones (excluding diaryl/α,β-unsaturated/α-hetero) is 1. The van der Waals surface area contributed by atoms with Crippen molar-refractivity contribution in [2.75, 3.05) is 38.6 Å². The van der Waals surface area contributed by atoms with Gasteiger partial charge in [-0.25, -0.2) is 4.79 Å². The fourth-order valence-corrected chi connectivity index (χ4v) is 4.18. The van der Waals surface area contributed by atoms with E-state index in [0.717, 1.165) is 7.11 Å². The van der Waals surface area contributed by atoms with E-state index >= 15 is 0 Å². The van der Waals surface area contributed by atoms with Gasteiger partial charge in [0.25, 0.3) is 23.5 Å². The number of hydrogen-bond acceptors (Lipinski definition) is 8. The van der Waals surface area contributed by atoms with E-state index in [-0.39, 0.29) is 43.3 Å². The largest absolute Gasteiger partial charge is 0.467 e. The van der Waals surface area contributed by atoms with Crippen LogP contribution in [0.4, 0.5) is 5.69 Å². The first-order valence-electron chi connectivity index (χ1n) is 11.8. The number of H-pyrrole nitrogens is 1. The van der Waals surface area contributed by atoms with E-state index in [0.29, 0.717) is 16.5 Å². The van der Waals surface area contributed by atoms with Gasteiger partial charge in [0.05, 0.1) is 23.9 Å². The van der Waals surface area contributed by atoms with Gasteiger partial charge in [-0.3, -0.25) is 19.2 Å². The van der Waals surface area contributed by atoms with Crippen LogP contribution in [0.1, 0.15) is 20.7 Å². The van der Waals surface area contributed by atoms with E-state index in [1.165, 1.54) is 23.2 Å². The van der Waals surface area contributed by atoms with Crippen molar-refractivity contribution in [3.8, 4) is 0 Å². The first-order valence-corrected chi connectivity index (χ1v) is 11.8. The molecule has 1 fully saturated rings. The van der Waals surface area contributed by atoms with Crippen LogP contribution in [0.3, 0.4) is 0 Å². The third kappa shape index (κ3) is 5.26. The Hall–Kier alpha value is -4.55.